The number of benzene rings is 1. The maximum atomic E-state index is 12.8. The maximum absolute atomic E-state index is 12.8. The summed E-state index contributed by atoms with van der Waals surface area (Å²) in [6.45, 7) is 7.44. The van der Waals surface area contributed by atoms with E-state index in [-0.39, 0.29) is 17.2 Å². The monoisotopic (exact) mass is 342 g/mol. The lowest BCUT2D eigenvalue weighted by Crippen LogP contribution is -2.55. The second kappa shape index (κ2) is 7.59. The highest BCUT2D eigenvalue weighted by Gasteiger charge is 2.42. The van der Waals surface area contributed by atoms with Crippen molar-refractivity contribution < 1.29 is 9.59 Å². The zero-order chi connectivity index (χ0) is 17.9. The van der Waals surface area contributed by atoms with Crippen LogP contribution in [-0.4, -0.2) is 47.8 Å². The second-order valence-electron chi connectivity index (χ2n) is 7.67. The van der Waals surface area contributed by atoms with Crippen molar-refractivity contribution in [3.05, 3.63) is 35.4 Å². The third-order valence-corrected chi connectivity index (χ3v) is 5.93. The van der Waals surface area contributed by atoms with Crippen LogP contribution in [-0.2, 0) is 22.4 Å². The molecule has 1 atom stereocenters. The molecule has 0 unspecified atom stereocenters. The number of amides is 2. The molecule has 2 aliphatic rings. The molecule has 1 spiro atoms. The smallest absolute Gasteiger partial charge is 0.227 e. The average molecular weight is 342 g/mol. The van der Waals surface area contributed by atoms with Gasteiger partial charge >= 0.3 is 0 Å². The van der Waals surface area contributed by atoms with Gasteiger partial charge in [-0.1, -0.05) is 31.2 Å². The molecular formula is C21H30N2O2. The normalized spacial score (nSPS) is 24.0. The lowest BCUT2D eigenvalue weighted by Gasteiger charge is -2.48. The predicted octanol–water partition coefficient (Wildman–Crippen LogP) is 3.04. The highest BCUT2D eigenvalue weighted by molar-refractivity contribution is 5.79. The standard InChI is InChI=1S/C21H30N2O2/c1-3-17-6-8-18(9-7-17)14-20(25)23-13-5-11-21(16-23)12-10-19(24)22(4-2)15-21/h6-9H,3-5,10-16H2,1-2H3/t21-/m0/s1. The van der Waals surface area contributed by atoms with Crippen molar-refractivity contribution >= 4 is 11.8 Å². The van der Waals surface area contributed by atoms with E-state index in [0.29, 0.717) is 12.8 Å². The van der Waals surface area contributed by atoms with Crippen molar-refractivity contribution in [2.24, 2.45) is 5.41 Å². The Morgan fingerprint density at radius 1 is 1.08 bits per heavy atom. The number of carbonyl (C=O) groups excluding carboxylic acids is 2. The number of aryl methyl sites for hydroxylation is 1. The van der Waals surface area contributed by atoms with Crippen LogP contribution in [0.2, 0.25) is 0 Å². The Labute approximate surface area is 151 Å². The third kappa shape index (κ3) is 4.05. The van der Waals surface area contributed by atoms with Crippen LogP contribution in [0.5, 0.6) is 0 Å². The van der Waals surface area contributed by atoms with Crippen molar-refractivity contribution in [1.82, 2.24) is 9.80 Å². The molecule has 2 heterocycles. The molecule has 2 amide bonds. The fourth-order valence-corrected chi connectivity index (χ4v) is 4.32. The van der Waals surface area contributed by atoms with Gasteiger partial charge in [0.2, 0.25) is 11.8 Å². The zero-order valence-electron chi connectivity index (χ0n) is 15.6. The topological polar surface area (TPSA) is 40.6 Å². The van der Waals surface area contributed by atoms with E-state index in [1.165, 1.54) is 5.56 Å². The summed E-state index contributed by atoms with van der Waals surface area (Å²) < 4.78 is 0. The summed E-state index contributed by atoms with van der Waals surface area (Å²) >= 11 is 0. The van der Waals surface area contributed by atoms with E-state index in [1.807, 2.05) is 16.7 Å². The summed E-state index contributed by atoms with van der Waals surface area (Å²) in [5.41, 5.74) is 2.51. The second-order valence-corrected chi connectivity index (χ2v) is 7.67. The first-order valence-corrected chi connectivity index (χ1v) is 9.68. The first-order valence-electron chi connectivity index (χ1n) is 9.68. The molecule has 1 aromatic carbocycles. The Bertz CT molecular complexity index is 625. The van der Waals surface area contributed by atoms with Crippen molar-refractivity contribution in [2.45, 2.75) is 52.4 Å². The number of hydrogen-bond donors (Lipinski definition) is 0. The van der Waals surface area contributed by atoms with Gasteiger partial charge in [-0.2, -0.15) is 0 Å². The number of likely N-dealkylation sites (tertiary alicyclic amines) is 2. The number of rotatable bonds is 4. The highest BCUT2D eigenvalue weighted by atomic mass is 16.2. The van der Waals surface area contributed by atoms with Crippen LogP contribution in [0.4, 0.5) is 0 Å². The molecule has 0 saturated carbocycles. The molecule has 0 aliphatic carbocycles. The third-order valence-electron chi connectivity index (χ3n) is 5.93. The van der Waals surface area contributed by atoms with Gasteiger partial charge in [-0.15, -0.1) is 0 Å². The molecular weight excluding hydrogens is 312 g/mol. The van der Waals surface area contributed by atoms with Crippen LogP contribution in [0.1, 0.15) is 50.7 Å². The first kappa shape index (κ1) is 18.0. The van der Waals surface area contributed by atoms with Gasteiger partial charge in [-0.3, -0.25) is 9.59 Å². The van der Waals surface area contributed by atoms with Gasteiger partial charge in [-0.25, -0.2) is 0 Å². The Hall–Kier alpha value is -1.84. The van der Waals surface area contributed by atoms with Crippen molar-refractivity contribution in [3.63, 3.8) is 0 Å². The van der Waals surface area contributed by atoms with Gasteiger partial charge in [0.25, 0.3) is 0 Å². The number of piperidine rings is 2. The quantitative estimate of drug-likeness (QED) is 0.844. The van der Waals surface area contributed by atoms with Crippen molar-refractivity contribution in [3.8, 4) is 0 Å². The summed E-state index contributed by atoms with van der Waals surface area (Å²) in [6, 6.07) is 8.39. The van der Waals surface area contributed by atoms with E-state index >= 15 is 0 Å². The molecule has 3 rings (SSSR count). The number of hydrogen-bond acceptors (Lipinski definition) is 2. The fourth-order valence-electron chi connectivity index (χ4n) is 4.32. The van der Waals surface area contributed by atoms with Gasteiger partial charge in [0.15, 0.2) is 0 Å². The van der Waals surface area contributed by atoms with Crippen LogP contribution in [0, 0.1) is 5.41 Å². The minimum absolute atomic E-state index is 0.115. The molecule has 0 N–H and O–H groups in total. The van der Waals surface area contributed by atoms with Crippen LogP contribution >= 0.6 is 0 Å². The van der Waals surface area contributed by atoms with E-state index in [9.17, 15) is 9.59 Å². The first-order chi connectivity index (χ1) is 12.0. The molecule has 0 radical (unpaired) electrons. The van der Waals surface area contributed by atoms with Crippen LogP contribution < -0.4 is 0 Å². The van der Waals surface area contributed by atoms with E-state index in [2.05, 4.69) is 31.2 Å². The number of nitrogens with zero attached hydrogens (tertiary/aromatic N) is 2. The van der Waals surface area contributed by atoms with E-state index < -0.39 is 0 Å². The minimum atomic E-state index is 0.115. The Morgan fingerprint density at radius 3 is 2.48 bits per heavy atom. The van der Waals surface area contributed by atoms with Crippen LogP contribution in [0.3, 0.4) is 0 Å². The minimum Gasteiger partial charge on any atom is -0.342 e. The van der Waals surface area contributed by atoms with Gasteiger partial charge in [0, 0.05) is 38.0 Å². The highest BCUT2D eigenvalue weighted by Crippen LogP contribution is 2.38. The van der Waals surface area contributed by atoms with E-state index in [1.54, 1.807) is 0 Å². The summed E-state index contributed by atoms with van der Waals surface area (Å²) in [5.74, 6) is 0.496. The molecule has 0 aromatic heterocycles. The molecule has 2 saturated heterocycles. The van der Waals surface area contributed by atoms with Gasteiger partial charge < -0.3 is 9.80 Å². The fraction of sp³-hybridized carbons (Fsp3) is 0.619. The lowest BCUT2D eigenvalue weighted by molar-refractivity contribution is -0.142. The Kier molecular flexibility index (Phi) is 5.45. The van der Waals surface area contributed by atoms with Gasteiger partial charge in [-0.05, 0) is 43.7 Å². The molecule has 2 fully saturated rings. The molecule has 25 heavy (non-hydrogen) atoms. The Morgan fingerprint density at radius 2 is 1.80 bits per heavy atom. The van der Waals surface area contributed by atoms with Crippen LogP contribution in [0.15, 0.2) is 24.3 Å². The zero-order valence-corrected chi connectivity index (χ0v) is 15.6. The molecule has 4 heteroatoms. The average Bonchev–Trinajstić information content (AvgIpc) is 2.64. The van der Waals surface area contributed by atoms with Crippen LogP contribution in [0.25, 0.3) is 0 Å². The summed E-state index contributed by atoms with van der Waals surface area (Å²) in [7, 11) is 0. The number of carbonyl (C=O) groups is 2. The predicted molar refractivity (Wildman–Crippen MR) is 99.3 cm³/mol. The van der Waals surface area contributed by atoms with Crippen molar-refractivity contribution in [2.75, 3.05) is 26.2 Å². The summed E-state index contributed by atoms with van der Waals surface area (Å²) in [5, 5.41) is 0. The summed E-state index contributed by atoms with van der Waals surface area (Å²) in [4.78, 5) is 28.8. The molecule has 1 aromatic rings. The van der Waals surface area contributed by atoms with Gasteiger partial charge in [0.05, 0.1) is 6.42 Å². The maximum Gasteiger partial charge on any atom is 0.227 e. The molecule has 0 bridgehead atoms. The molecule has 2 aliphatic heterocycles. The summed E-state index contributed by atoms with van der Waals surface area (Å²) in [6.07, 6.45) is 5.25. The lowest BCUT2D eigenvalue weighted by atomic mass is 9.73. The SMILES string of the molecule is CCc1ccc(CC(=O)N2CCC[C@@]3(CCC(=O)N(CC)C3)C2)cc1. The Balaban J connectivity index is 1.64. The van der Waals surface area contributed by atoms with E-state index in [4.69, 9.17) is 0 Å². The molecule has 4 nitrogen and oxygen atoms in total. The van der Waals surface area contributed by atoms with Gasteiger partial charge in [0.1, 0.15) is 0 Å². The molecule has 136 valence electrons. The van der Waals surface area contributed by atoms with E-state index in [0.717, 1.165) is 57.4 Å². The largest absolute Gasteiger partial charge is 0.342 e. The van der Waals surface area contributed by atoms with Crippen molar-refractivity contribution in [1.29, 1.82) is 0 Å².